The smallest absolute Gasteiger partial charge is 0.329 e. The largest absolute Gasteiger partial charge is 0.481 e. The molecule has 0 aromatic carbocycles. The van der Waals surface area contributed by atoms with Gasteiger partial charge in [-0.3, -0.25) is 9.59 Å². The lowest BCUT2D eigenvalue weighted by atomic mass is 10.3. The van der Waals surface area contributed by atoms with Gasteiger partial charge >= 0.3 is 11.8 Å². The molecule has 126 valence electrons. The fraction of sp³-hybridized carbons (Fsp3) is 0.214. The fourth-order valence-corrected chi connectivity index (χ4v) is 1.76. The zero-order chi connectivity index (χ0) is 17.7. The molecule has 0 aliphatic carbocycles. The zero-order valence-electron chi connectivity index (χ0n) is 13.2. The number of hydrogen-bond donors (Lipinski definition) is 2. The molecule has 2 heterocycles. The molecular formula is C14H15FN6O3. The molecule has 0 saturated heterocycles. The Morgan fingerprint density at radius 2 is 2.12 bits per heavy atom. The Morgan fingerprint density at radius 3 is 2.67 bits per heavy atom. The summed E-state index contributed by atoms with van der Waals surface area (Å²) >= 11 is 0. The highest BCUT2D eigenvalue weighted by Gasteiger charge is 2.14. The van der Waals surface area contributed by atoms with E-state index >= 15 is 0 Å². The molecule has 0 aliphatic rings. The van der Waals surface area contributed by atoms with Crippen LogP contribution >= 0.6 is 0 Å². The van der Waals surface area contributed by atoms with Gasteiger partial charge in [-0.25, -0.2) is 15.1 Å². The lowest BCUT2D eigenvalue weighted by molar-refractivity contribution is -0.136. The van der Waals surface area contributed by atoms with Crippen LogP contribution in [0.15, 0.2) is 23.4 Å². The lowest BCUT2D eigenvalue weighted by Crippen LogP contribution is -2.32. The first-order valence-electron chi connectivity index (χ1n) is 6.76. The monoisotopic (exact) mass is 334 g/mol. The minimum Gasteiger partial charge on any atom is -0.481 e. The van der Waals surface area contributed by atoms with E-state index in [0.29, 0.717) is 17.3 Å². The second-order valence-corrected chi connectivity index (χ2v) is 4.66. The minimum atomic E-state index is -1.01. The summed E-state index contributed by atoms with van der Waals surface area (Å²) in [5.41, 5.74) is 2.85. The Morgan fingerprint density at radius 1 is 1.38 bits per heavy atom. The lowest BCUT2D eigenvalue weighted by Gasteiger charge is -2.04. The number of aryl methyl sites for hydroxylation is 2. The molecule has 0 bridgehead atoms. The number of aromatic nitrogens is 3. The average molecular weight is 334 g/mol. The van der Waals surface area contributed by atoms with Crippen LogP contribution in [0.3, 0.4) is 0 Å². The van der Waals surface area contributed by atoms with Crippen molar-refractivity contribution in [2.45, 2.75) is 6.92 Å². The summed E-state index contributed by atoms with van der Waals surface area (Å²) < 4.78 is 19.6. The van der Waals surface area contributed by atoms with Gasteiger partial charge in [-0.05, 0) is 13.0 Å². The molecule has 2 aromatic rings. The third kappa shape index (κ3) is 3.91. The minimum absolute atomic E-state index is 0.123. The first-order valence-corrected chi connectivity index (χ1v) is 6.76. The number of methoxy groups -OCH3 is 1. The number of hydrazone groups is 1. The van der Waals surface area contributed by atoms with Crippen molar-refractivity contribution >= 4 is 23.7 Å². The van der Waals surface area contributed by atoms with Gasteiger partial charge in [0.1, 0.15) is 0 Å². The van der Waals surface area contributed by atoms with E-state index in [1.54, 1.807) is 6.92 Å². The van der Waals surface area contributed by atoms with Gasteiger partial charge in [-0.1, -0.05) is 0 Å². The summed E-state index contributed by atoms with van der Waals surface area (Å²) in [5.74, 6) is -2.18. The third-order valence-electron chi connectivity index (χ3n) is 2.97. The molecular weight excluding hydrogens is 319 g/mol. The van der Waals surface area contributed by atoms with Crippen LogP contribution in [-0.4, -0.2) is 39.9 Å². The van der Waals surface area contributed by atoms with Crippen molar-refractivity contribution < 1.29 is 18.7 Å². The summed E-state index contributed by atoms with van der Waals surface area (Å²) in [6.45, 7) is 1.59. The predicted octanol–water partition coefficient (Wildman–Crippen LogP) is 0.360. The first kappa shape index (κ1) is 17.1. The number of nitrogens with one attached hydrogen (secondary N) is 2. The van der Waals surface area contributed by atoms with Crippen LogP contribution in [0.1, 0.15) is 11.3 Å². The molecule has 9 nitrogen and oxygen atoms in total. The number of carbonyl (C=O) groups is 2. The van der Waals surface area contributed by atoms with Crippen molar-refractivity contribution in [2.75, 3.05) is 12.4 Å². The molecule has 0 spiro atoms. The molecule has 0 aliphatic heterocycles. The summed E-state index contributed by atoms with van der Waals surface area (Å²) in [4.78, 5) is 27.2. The van der Waals surface area contributed by atoms with Crippen molar-refractivity contribution in [3.63, 3.8) is 0 Å². The molecule has 0 saturated carbocycles. The Labute approximate surface area is 136 Å². The van der Waals surface area contributed by atoms with Gasteiger partial charge in [0.15, 0.2) is 0 Å². The van der Waals surface area contributed by atoms with Crippen LogP contribution in [0, 0.1) is 12.9 Å². The number of hydrogen-bond acceptors (Lipinski definition) is 6. The van der Waals surface area contributed by atoms with E-state index in [-0.39, 0.29) is 5.56 Å². The SMILES string of the molecule is COc1ccc(NC(=O)C(=O)N/N=C/c2c(C)nn(C)c2F)cn1. The first-order chi connectivity index (χ1) is 11.4. The Balaban J connectivity index is 1.93. The molecule has 0 atom stereocenters. The zero-order valence-corrected chi connectivity index (χ0v) is 13.2. The van der Waals surface area contributed by atoms with Gasteiger partial charge < -0.3 is 10.1 Å². The number of pyridine rings is 1. The highest BCUT2D eigenvalue weighted by molar-refractivity contribution is 6.39. The quantitative estimate of drug-likeness (QED) is 0.476. The highest BCUT2D eigenvalue weighted by Crippen LogP contribution is 2.10. The van der Waals surface area contributed by atoms with Crippen molar-refractivity contribution in [1.82, 2.24) is 20.2 Å². The molecule has 24 heavy (non-hydrogen) atoms. The molecule has 2 aromatic heterocycles. The van der Waals surface area contributed by atoms with E-state index < -0.39 is 17.8 Å². The predicted molar refractivity (Wildman–Crippen MR) is 83.1 cm³/mol. The molecule has 2 amide bonds. The standard InChI is InChI=1S/C14H15FN6O3/c1-8-10(12(15)21(2)20-8)7-17-19-14(23)13(22)18-9-4-5-11(24-3)16-6-9/h4-7H,1-3H3,(H,18,22)(H,19,23)/b17-7+. The van der Waals surface area contributed by atoms with Gasteiger partial charge in [0, 0.05) is 13.1 Å². The van der Waals surface area contributed by atoms with Crippen LogP contribution < -0.4 is 15.5 Å². The van der Waals surface area contributed by atoms with E-state index in [2.05, 4.69) is 20.5 Å². The van der Waals surface area contributed by atoms with Crippen LogP contribution in [0.5, 0.6) is 5.88 Å². The molecule has 10 heteroatoms. The number of carbonyl (C=O) groups excluding carboxylic acids is 2. The van der Waals surface area contributed by atoms with E-state index in [1.165, 1.54) is 32.5 Å². The number of anilines is 1. The second kappa shape index (κ2) is 7.31. The molecule has 2 N–H and O–H groups in total. The molecule has 0 unspecified atom stereocenters. The van der Waals surface area contributed by atoms with Gasteiger partial charge in [-0.2, -0.15) is 14.6 Å². The van der Waals surface area contributed by atoms with Gasteiger partial charge in [-0.15, -0.1) is 0 Å². The average Bonchev–Trinajstić information content (AvgIpc) is 2.81. The van der Waals surface area contributed by atoms with Crippen LogP contribution in [0.2, 0.25) is 0 Å². The highest BCUT2D eigenvalue weighted by atomic mass is 19.1. The van der Waals surface area contributed by atoms with E-state index in [4.69, 9.17) is 4.74 Å². The van der Waals surface area contributed by atoms with Gasteiger partial charge in [0.2, 0.25) is 11.8 Å². The Hall–Kier alpha value is -3.30. The Bertz CT molecular complexity index is 785. The van der Waals surface area contributed by atoms with E-state index in [1.807, 2.05) is 5.43 Å². The van der Waals surface area contributed by atoms with E-state index in [0.717, 1.165) is 10.9 Å². The van der Waals surface area contributed by atoms with Crippen LogP contribution in [0.25, 0.3) is 0 Å². The second-order valence-electron chi connectivity index (χ2n) is 4.66. The maximum absolute atomic E-state index is 13.7. The summed E-state index contributed by atoms with van der Waals surface area (Å²) in [5, 5.41) is 9.74. The number of halogens is 1. The Kier molecular flexibility index (Phi) is 5.20. The van der Waals surface area contributed by atoms with Crippen molar-refractivity contribution in [3.8, 4) is 5.88 Å². The summed E-state index contributed by atoms with van der Waals surface area (Å²) in [6.07, 6.45) is 2.42. The number of ether oxygens (including phenoxy) is 1. The van der Waals surface area contributed by atoms with Crippen molar-refractivity contribution in [3.05, 3.63) is 35.5 Å². The van der Waals surface area contributed by atoms with Gasteiger partial charge in [0.25, 0.3) is 0 Å². The number of nitrogens with zero attached hydrogens (tertiary/aromatic N) is 4. The number of amides is 2. The molecule has 0 radical (unpaired) electrons. The maximum atomic E-state index is 13.7. The van der Waals surface area contributed by atoms with Crippen molar-refractivity contribution in [1.29, 1.82) is 0 Å². The maximum Gasteiger partial charge on any atom is 0.329 e. The van der Waals surface area contributed by atoms with Crippen LogP contribution in [0.4, 0.5) is 10.1 Å². The van der Waals surface area contributed by atoms with Gasteiger partial charge in [0.05, 0.1) is 36.5 Å². The molecule has 0 fully saturated rings. The summed E-state index contributed by atoms with van der Waals surface area (Å²) in [6, 6.07) is 3.05. The summed E-state index contributed by atoms with van der Waals surface area (Å²) in [7, 11) is 2.90. The molecule has 2 rings (SSSR count). The van der Waals surface area contributed by atoms with Crippen molar-refractivity contribution in [2.24, 2.45) is 12.1 Å². The normalized spacial score (nSPS) is 10.7. The third-order valence-corrected chi connectivity index (χ3v) is 2.97. The van der Waals surface area contributed by atoms with Crippen LogP contribution in [-0.2, 0) is 16.6 Å². The topological polar surface area (TPSA) is 110 Å². The fourth-order valence-electron chi connectivity index (χ4n) is 1.76. The number of rotatable bonds is 4. The van der Waals surface area contributed by atoms with E-state index in [9.17, 15) is 14.0 Å².